The predicted octanol–water partition coefficient (Wildman–Crippen LogP) is 1.79. The first-order valence-electron chi connectivity index (χ1n) is 13.4. The Labute approximate surface area is 210 Å². The number of carbonyl (C=O) groups excluding carboxylic acids is 2. The zero-order valence-corrected chi connectivity index (χ0v) is 21.5. The van der Waals surface area contributed by atoms with E-state index < -0.39 is 24.0 Å². The van der Waals surface area contributed by atoms with Crippen LogP contribution in [0.3, 0.4) is 0 Å². The molecule has 3 fully saturated rings. The van der Waals surface area contributed by atoms with Crippen LogP contribution in [0.25, 0.3) is 0 Å². The van der Waals surface area contributed by atoms with Crippen LogP contribution in [-0.4, -0.2) is 92.2 Å². The average Bonchev–Trinajstić information content (AvgIpc) is 2.89. The zero-order valence-electron chi connectivity index (χ0n) is 21.5. The number of hydrogen-bond donors (Lipinski definition) is 2. The number of nitrogens with one attached hydrogen (secondary N) is 2. The minimum atomic E-state index is -0.869. The number of morpholine rings is 1. The second-order valence-electron chi connectivity index (χ2n) is 9.91. The summed E-state index contributed by atoms with van der Waals surface area (Å²) in [5, 5.41) is 20.8. The molecule has 2 amide bonds. The van der Waals surface area contributed by atoms with E-state index in [9.17, 15) is 14.9 Å². The van der Waals surface area contributed by atoms with Gasteiger partial charge in [0.05, 0.1) is 25.9 Å². The third-order valence-corrected chi connectivity index (χ3v) is 7.55. The standard InChI is InChI=1S/C25H43N6O4/c1-3-30-12-10-25(19-26,11-13-30)29-22(32)21(18-20-8-6-5-7-9-20)27-23(28-24(33)35-4-2)31-14-16-34-17-15-31/h20-21,23H,3-18H2,1-2H3,(H,28,33)(H,29,32). The van der Waals surface area contributed by atoms with Crippen molar-refractivity contribution in [1.82, 2.24) is 25.8 Å². The van der Waals surface area contributed by atoms with Crippen LogP contribution >= 0.6 is 0 Å². The average molecular weight is 492 g/mol. The number of rotatable bonds is 10. The highest BCUT2D eigenvalue weighted by atomic mass is 16.5. The van der Waals surface area contributed by atoms with Crippen LogP contribution in [0.1, 0.15) is 65.2 Å². The predicted molar refractivity (Wildman–Crippen MR) is 131 cm³/mol. The lowest BCUT2D eigenvalue weighted by Gasteiger charge is -2.39. The molecule has 0 aromatic rings. The molecular formula is C25H43N6O4. The Balaban J connectivity index is 1.75. The summed E-state index contributed by atoms with van der Waals surface area (Å²) in [5.74, 6) is 0.196. The maximum Gasteiger partial charge on any atom is 0.409 e. The van der Waals surface area contributed by atoms with E-state index in [0.29, 0.717) is 51.5 Å². The maximum atomic E-state index is 13.7. The Morgan fingerprint density at radius 3 is 2.43 bits per heavy atom. The molecule has 2 atom stereocenters. The highest BCUT2D eigenvalue weighted by Gasteiger charge is 2.39. The van der Waals surface area contributed by atoms with E-state index in [1.165, 1.54) is 19.3 Å². The van der Waals surface area contributed by atoms with Crippen molar-refractivity contribution in [2.24, 2.45) is 5.92 Å². The van der Waals surface area contributed by atoms with Crippen LogP contribution in [0.5, 0.6) is 0 Å². The summed E-state index contributed by atoms with van der Waals surface area (Å²) >= 11 is 0. The number of ether oxygens (including phenoxy) is 2. The van der Waals surface area contributed by atoms with Crippen molar-refractivity contribution in [2.45, 2.75) is 83.1 Å². The van der Waals surface area contributed by atoms with Crippen molar-refractivity contribution in [1.29, 1.82) is 5.26 Å². The quantitative estimate of drug-likeness (QED) is 0.478. The van der Waals surface area contributed by atoms with Crippen molar-refractivity contribution in [3.63, 3.8) is 0 Å². The first kappa shape index (κ1) is 27.7. The third kappa shape index (κ3) is 8.31. The molecule has 3 aliphatic rings. The molecule has 0 spiro atoms. The molecule has 2 saturated heterocycles. The summed E-state index contributed by atoms with van der Waals surface area (Å²) in [6.07, 6.45) is 6.34. The molecule has 0 aromatic carbocycles. The van der Waals surface area contributed by atoms with E-state index in [1.807, 2.05) is 4.90 Å². The summed E-state index contributed by atoms with van der Waals surface area (Å²) in [7, 11) is 0. The first-order chi connectivity index (χ1) is 17.0. The summed E-state index contributed by atoms with van der Waals surface area (Å²) in [4.78, 5) is 30.3. The molecular weight excluding hydrogens is 448 g/mol. The van der Waals surface area contributed by atoms with Crippen LogP contribution in [0.15, 0.2) is 0 Å². The molecule has 1 radical (unpaired) electrons. The fourth-order valence-corrected chi connectivity index (χ4v) is 5.30. The summed E-state index contributed by atoms with van der Waals surface area (Å²) in [6, 6.07) is 1.75. The molecule has 10 nitrogen and oxygen atoms in total. The number of likely N-dealkylation sites (tertiary alicyclic amines) is 1. The Hall–Kier alpha value is -1.93. The Kier molecular flexibility index (Phi) is 11.0. The van der Waals surface area contributed by atoms with Crippen LogP contribution < -0.4 is 16.0 Å². The van der Waals surface area contributed by atoms with Crippen molar-refractivity contribution < 1.29 is 19.1 Å². The van der Waals surface area contributed by atoms with Crippen LogP contribution in [-0.2, 0) is 14.3 Å². The van der Waals surface area contributed by atoms with E-state index in [-0.39, 0.29) is 12.5 Å². The lowest BCUT2D eigenvalue weighted by Crippen LogP contribution is -2.63. The van der Waals surface area contributed by atoms with Gasteiger partial charge in [-0.3, -0.25) is 15.0 Å². The van der Waals surface area contributed by atoms with E-state index in [1.54, 1.807) is 6.92 Å². The second-order valence-corrected chi connectivity index (χ2v) is 9.91. The molecule has 1 saturated carbocycles. The van der Waals surface area contributed by atoms with Crippen molar-refractivity contribution >= 4 is 12.0 Å². The molecule has 2 unspecified atom stereocenters. The molecule has 3 rings (SSSR count). The number of hydrogen-bond acceptors (Lipinski definition) is 7. The lowest BCUT2D eigenvalue weighted by molar-refractivity contribution is -0.126. The lowest BCUT2D eigenvalue weighted by atomic mass is 9.84. The van der Waals surface area contributed by atoms with Crippen LogP contribution in [0, 0.1) is 17.2 Å². The fraction of sp³-hybridized carbons (Fsp3) is 0.880. The maximum absolute atomic E-state index is 13.7. The third-order valence-electron chi connectivity index (χ3n) is 7.55. The summed E-state index contributed by atoms with van der Waals surface area (Å²) in [6.45, 7) is 8.93. The molecule has 2 N–H and O–H groups in total. The van der Waals surface area contributed by atoms with E-state index in [2.05, 4.69) is 28.5 Å². The molecule has 2 aliphatic heterocycles. The van der Waals surface area contributed by atoms with Gasteiger partial charge in [-0.15, -0.1) is 0 Å². The molecule has 1 aliphatic carbocycles. The normalized spacial score (nSPS) is 23.6. The topological polar surface area (TPSA) is 121 Å². The Morgan fingerprint density at radius 2 is 1.83 bits per heavy atom. The smallest absolute Gasteiger partial charge is 0.409 e. The van der Waals surface area contributed by atoms with E-state index >= 15 is 0 Å². The minimum absolute atomic E-state index is 0.217. The van der Waals surface area contributed by atoms with Gasteiger partial charge in [0.25, 0.3) is 0 Å². The van der Waals surface area contributed by atoms with Gasteiger partial charge in [-0.25, -0.2) is 4.79 Å². The van der Waals surface area contributed by atoms with Gasteiger partial charge >= 0.3 is 6.09 Å². The monoisotopic (exact) mass is 491 g/mol. The number of nitriles is 1. The summed E-state index contributed by atoms with van der Waals surface area (Å²) in [5.41, 5.74) is -0.869. The number of amides is 2. The van der Waals surface area contributed by atoms with Crippen molar-refractivity contribution in [3.8, 4) is 6.07 Å². The van der Waals surface area contributed by atoms with Gasteiger partial charge in [0.2, 0.25) is 5.91 Å². The molecule has 197 valence electrons. The van der Waals surface area contributed by atoms with Gasteiger partial charge in [-0.2, -0.15) is 10.6 Å². The van der Waals surface area contributed by atoms with Crippen molar-refractivity contribution in [2.75, 3.05) is 52.5 Å². The largest absolute Gasteiger partial charge is 0.450 e. The van der Waals surface area contributed by atoms with Crippen molar-refractivity contribution in [3.05, 3.63) is 0 Å². The molecule has 2 heterocycles. The highest BCUT2D eigenvalue weighted by molar-refractivity contribution is 5.83. The fourth-order valence-electron chi connectivity index (χ4n) is 5.30. The molecule has 35 heavy (non-hydrogen) atoms. The van der Waals surface area contributed by atoms with Gasteiger partial charge in [-0.05, 0) is 38.6 Å². The van der Waals surface area contributed by atoms with Gasteiger partial charge in [0.1, 0.15) is 11.6 Å². The molecule has 0 aromatic heterocycles. The minimum Gasteiger partial charge on any atom is -0.450 e. The SMILES string of the molecule is CCOC(=O)NC([N]C(CC1CCCCC1)C(=O)NC1(C#N)CCN(CC)CC1)N1CCOCC1. The summed E-state index contributed by atoms with van der Waals surface area (Å²) < 4.78 is 10.6. The molecule has 0 bridgehead atoms. The van der Waals surface area contributed by atoms with E-state index in [0.717, 1.165) is 32.5 Å². The zero-order chi connectivity index (χ0) is 25.1. The highest BCUT2D eigenvalue weighted by Crippen LogP contribution is 2.29. The number of piperidine rings is 1. The molecule has 10 heteroatoms. The van der Waals surface area contributed by atoms with Gasteiger partial charge < -0.3 is 19.7 Å². The Morgan fingerprint density at radius 1 is 1.14 bits per heavy atom. The van der Waals surface area contributed by atoms with Gasteiger partial charge in [0.15, 0.2) is 6.29 Å². The number of nitrogens with zero attached hydrogens (tertiary/aromatic N) is 4. The van der Waals surface area contributed by atoms with Gasteiger partial charge in [-0.1, -0.05) is 39.0 Å². The van der Waals surface area contributed by atoms with Gasteiger partial charge in [0, 0.05) is 26.2 Å². The second kappa shape index (κ2) is 14.0. The number of carbonyl (C=O) groups is 2. The number of alkyl carbamates (subject to hydrolysis) is 1. The van der Waals surface area contributed by atoms with E-state index in [4.69, 9.17) is 14.8 Å². The Bertz CT molecular complexity index is 709. The van der Waals surface area contributed by atoms with Crippen LogP contribution in [0.2, 0.25) is 0 Å². The first-order valence-corrected chi connectivity index (χ1v) is 13.4. The van der Waals surface area contributed by atoms with Crippen LogP contribution in [0.4, 0.5) is 4.79 Å².